The van der Waals surface area contributed by atoms with Crippen LogP contribution in [0.4, 0.5) is 5.82 Å². The molecule has 124 valence electrons. The predicted molar refractivity (Wildman–Crippen MR) is 97.1 cm³/mol. The lowest BCUT2D eigenvalue weighted by Gasteiger charge is -2.34. The molecule has 0 aliphatic carbocycles. The first-order chi connectivity index (χ1) is 11.0. The number of hydrogen-bond acceptors (Lipinski definition) is 4. The van der Waals surface area contributed by atoms with E-state index in [0.29, 0.717) is 0 Å². The first-order valence-electron chi connectivity index (χ1n) is 8.39. The van der Waals surface area contributed by atoms with Crippen molar-refractivity contribution in [1.29, 1.82) is 0 Å². The van der Waals surface area contributed by atoms with E-state index in [-0.39, 0.29) is 17.4 Å². The minimum absolute atomic E-state index is 0.113. The molecule has 5 heteroatoms. The van der Waals surface area contributed by atoms with E-state index in [4.69, 9.17) is 0 Å². The van der Waals surface area contributed by atoms with Crippen LogP contribution in [0.3, 0.4) is 0 Å². The summed E-state index contributed by atoms with van der Waals surface area (Å²) in [7, 11) is 0. The predicted octanol–water partition coefficient (Wildman–Crippen LogP) is 3.82. The van der Waals surface area contributed by atoms with Crippen molar-refractivity contribution in [2.45, 2.75) is 45.6 Å². The largest absolute Gasteiger partial charge is 0.356 e. The lowest BCUT2D eigenvalue weighted by atomic mass is 9.93. The van der Waals surface area contributed by atoms with Crippen LogP contribution in [0, 0.1) is 5.92 Å². The van der Waals surface area contributed by atoms with Crippen LogP contribution < -0.4 is 10.2 Å². The highest BCUT2D eigenvalue weighted by atomic mass is 32.1. The molecule has 2 aromatic rings. The second kappa shape index (κ2) is 6.48. The van der Waals surface area contributed by atoms with Crippen LogP contribution in [0.25, 0.3) is 10.1 Å². The number of aromatic nitrogens is 1. The van der Waals surface area contributed by atoms with Gasteiger partial charge in [-0.15, -0.1) is 11.3 Å². The number of thiophene rings is 1. The van der Waals surface area contributed by atoms with Gasteiger partial charge in [-0.1, -0.05) is 6.92 Å². The van der Waals surface area contributed by atoms with Crippen molar-refractivity contribution < 1.29 is 4.79 Å². The molecule has 0 spiro atoms. The van der Waals surface area contributed by atoms with Gasteiger partial charge in [0.05, 0.1) is 0 Å². The Morgan fingerprint density at radius 1 is 1.39 bits per heavy atom. The SMILES string of the molecule is CCC(C)(C)NC(=O)C1CCN(c2nccc3sccc23)CC1. The van der Waals surface area contributed by atoms with E-state index in [0.717, 1.165) is 38.2 Å². The second-order valence-corrected chi connectivity index (χ2v) is 7.90. The molecule has 1 saturated heterocycles. The Labute approximate surface area is 141 Å². The minimum Gasteiger partial charge on any atom is -0.356 e. The van der Waals surface area contributed by atoms with Gasteiger partial charge in [-0.3, -0.25) is 4.79 Å². The summed E-state index contributed by atoms with van der Waals surface area (Å²) in [5.41, 5.74) is -0.113. The molecule has 0 radical (unpaired) electrons. The minimum atomic E-state index is -0.113. The number of anilines is 1. The van der Waals surface area contributed by atoms with Gasteiger partial charge in [0.1, 0.15) is 5.82 Å². The maximum atomic E-state index is 12.4. The quantitative estimate of drug-likeness (QED) is 0.926. The van der Waals surface area contributed by atoms with E-state index in [1.54, 1.807) is 11.3 Å². The molecule has 1 amide bonds. The molecule has 3 heterocycles. The topological polar surface area (TPSA) is 45.2 Å². The van der Waals surface area contributed by atoms with Crippen LogP contribution in [-0.2, 0) is 4.79 Å². The lowest BCUT2D eigenvalue weighted by Crippen LogP contribution is -2.48. The molecule has 3 rings (SSSR count). The molecule has 23 heavy (non-hydrogen) atoms. The maximum Gasteiger partial charge on any atom is 0.223 e. The molecule has 4 nitrogen and oxygen atoms in total. The van der Waals surface area contributed by atoms with Gasteiger partial charge in [0, 0.05) is 40.8 Å². The van der Waals surface area contributed by atoms with Crippen molar-refractivity contribution in [2.75, 3.05) is 18.0 Å². The summed E-state index contributed by atoms with van der Waals surface area (Å²) in [6.07, 6.45) is 4.63. The van der Waals surface area contributed by atoms with E-state index < -0.39 is 0 Å². The van der Waals surface area contributed by atoms with Crippen molar-refractivity contribution >= 4 is 33.1 Å². The Bertz CT molecular complexity index is 686. The average Bonchev–Trinajstić information content (AvgIpc) is 3.03. The third-order valence-electron chi connectivity index (χ3n) is 4.87. The second-order valence-electron chi connectivity index (χ2n) is 6.95. The molecular formula is C18H25N3OS. The van der Waals surface area contributed by atoms with E-state index in [1.165, 1.54) is 10.1 Å². The summed E-state index contributed by atoms with van der Waals surface area (Å²) in [6.45, 7) is 8.07. The van der Waals surface area contributed by atoms with Crippen LogP contribution in [0.5, 0.6) is 0 Å². The molecule has 0 atom stereocenters. The van der Waals surface area contributed by atoms with Gasteiger partial charge in [-0.05, 0) is 50.6 Å². The number of piperidine rings is 1. The van der Waals surface area contributed by atoms with E-state index in [2.05, 4.69) is 53.5 Å². The van der Waals surface area contributed by atoms with Gasteiger partial charge < -0.3 is 10.2 Å². The van der Waals surface area contributed by atoms with Crippen molar-refractivity contribution in [1.82, 2.24) is 10.3 Å². The van der Waals surface area contributed by atoms with Gasteiger partial charge in [0.25, 0.3) is 0 Å². The third-order valence-corrected chi connectivity index (χ3v) is 5.75. The van der Waals surface area contributed by atoms with Crippen molar-refractivity contribution in [3.05, 3.63) is 23.7 Å². The molecule has 1 aliphatic heterocycles. The van der Waals surface area contributed by atoms with Crippen LogP contribution in [0.2, 0.25) is 0 Å². The zero-order chi connectivity index (χ0) is 16.4. The summed E-state index contributed by atoms with van der Waals surface area (Å²) in [6, 6.07) is 4.21. The van der Waals surface area contributed by atoms with Crippen molar-refractivity contribution in [3.63, 3.8) is 0 Å². The smallest absolute Gasteiger partial charge is 0.223 e. The van der Waals surface area contributed by atoms with Gasteiger partial charge >= 0.3 is 0 Å². The zero-order valence-electron chi connectivity index (χ0n) is 14.1. The monoisotopic (exact) mass is 331 g/mol. The maximum absolute atomic E-state index is 12.4. The molecule has 1 aliphatic rings. The van der Waals surface area contributed by atoms with E-state index in [1.807, 2.05) is 6.20 Å². The summed E-state index contributed by atoms with van der Waals surface area (Å²) < 4.78 is 1.28. The zero-order valence-corrected chi connectivity index (χ0v) is 14.9. The first-order valence-corrected chi connectivity index (χ1v) is 9.27. The lowest BCUT2D eigenvalue weighted by molar-refractivity contribution is -0.127. The molecular weight excluding hydrogens is 306 g/mol. The Balaban J connectivity index is 1.65. The first kappa shape index (κ1) is 16.2. The number of hydrogen-bond donors (Lipinski definition) is 1. The van der Waals surface area contributed by atoms with Gasteiger partial charge in [-0.25, -0.2) is 4.98 Å². The molecule has 1 N–H and O–H groups in total. The Morgan fingerprint density at radius 3 is 2.83 bits per heavy atom. The number of pyridine rings is 1. The fraction of sp³-hybridized carbons (Fsp3) is 0.556. The summed E-state index contributed by atoms with van der Waals surface area (Å²) in [5.74, 6) is 1.40. The standard InChI is InChI=1S/C18H25N3OS/c1-4-18(2,3)20-17(22)13-6-10-21(11-7-13)16-14-8-12-23-15(14)5-9-19-16/h5,8-9,12-13H,4,6-7,10-11H2,1-3H3,(H,20,22). The number of amides is 1. The average molecular weight is 331 g/mol. The van der Waals surface area contributed by atoms with Gasteiger partial charge in [0.15, 0.2) is 0 Å². The number of rotatable bonds is 4. The molecule has 2 aromatic heterocycles. The summed E-state index contributed by atoms with van der Waals surface area (Å²) >= 11 is 1.75. The van der Waals surface area contributed by atoms with Gasteiger partial charge in [-0.2, -0.15) is 0 Å². The van der Waals surface area contributed by atoms with Crippen LogP contribution in [-0.4, -0.2) is 29.5 Å². The highest BCUT2D eigenvalue weighted by Gasteiger charge is 2.29. The number of fused-ring (bicyclic) bond motifs is 1. The Morgan fingerprint density at radius 2 is 2.13 bits per heavy atom. The normalized spacial score (nSPS) is 16.7. The number of carbonyl (C=O) groups is 1. The number of nitrogens with zero attached hydrogens (tertiary/aromatic N) is 2. The van der Waals surface area contributed by atoms with Crippen LogP contribution in [0.1, 0.15) is 40.0 Å². The summed E-state index contributed by atoms with van der Waals surface area (Å²) in [4.78, 5) is 19.3. The molecule has 0 aromatic carbocycles. The molecule has 0 saturated carbocycles. The highest BCUT2D eigenvalue weighted by molar-refractivity contribution is 7.17. The fourth-order valence-electron chi connectivity index (χ4n) is 3.01. The third kappa shape index (κ3) is 3.50. The van der Waals surface area contributed by atoms with Crippen LogP contribution in [0.15, 0.2) is 23.7 Å². The number of nitrogens with one attached hydrogen (secondary N) is 1. The van der Waals surface area contributed by atoms with Crippen LogP contribution >= 0.6 is 11.3 Å². The van der Waals surface area contributed by atoms with Gasteiger partial charge in [0.2, 0.25) is 5.91 Å². The fourth-order valence-corrected chi connectivity index (χ4v) is 3.79. The van der Waals surface area contributed by atoms with E-state index >= 15 is 0 Å². The number of carbonyl (C=O) groups excluding carboxylic acids is 1. The Hall–Kier alpha value is -1.62. The summed E-state index contributed by atoms with van der Waals surface area (Å²) in [5, 5.41) is 6.53. The van der Waals surface area contributed by atoms with Crippen molar-refractivity contribution in [3.8, 4) is 0 Å². The van der Waals surface area contributed by atoms with E-state index in [9.17, 15) is 4.79 Å². The van der Waals surface area contributed by atoms with Crippen molar-refractivity contribution in [2.24, 2.45) is 5.92 Å². The molecule has 0 bridgehead atoms. The Kier molecular flexibility index (Phi) is 4.57. The highest BCUT2D eigenvalue weighted by Crippen LogP contribution is 2.31. The molecule has 0 unspecified atom stereocenters. The molecule has 1 fully saturated rings.